The monoisotopic (exact) mass is 453 g/mol. The van der Waals surface area contributed by atoms with Crippen LogP contribution in [-0.2, 0) is 4.79 Å². The average Bonchev–Trinajstić information content (AvgIpc) is 3.10. The molecular weight excluding hydrogens is 431 g/mol. The van der Waals surface area contributed by atoms with Crippen molar-refractivity contribution in [3.8, 4) is 5.75 Å². The Morgan fingerprint density at radius 3 is 2.33 bits per heavy atom. The van der Waals surface area contributed by atoms with Gasteiger partial charge in [-0.2, -0.15) is 0 Å². The van der Waals surface area contributed by atoms with Gasteiger partial charge in [-0.3, -0.25) is 9.69 Å². The molecular formula is C25H22F3N3O2. The molecule has 3 aromatic rings. The number of benzene rings is 3. The Morgan fingerprint density at radius 1 is 1.00 bits per heavy atom. The summed E-state index contributed by atoms with van der Waals surface area (Å²) in [6, 6.07) is 21.4. The predicted octanol–water partition coefficient (Wildman–Crippen LogP) is 5.49. The molecule has 33 heavy (non-hydrogen) atoms. The van der Waals surface area contributed by atoms with Gasteiger partial charge in [0, 0.05) is 17.4 Å². The van der Waals surface area contributed by atoms with Crippen LogP contribution in [-0.4, -0.2) is 12.3 Å². The molecule has 1 amide bonds. The van der Waals surface area contributed by atoms with Gasteiger partial charge in [0.2, 0.25) is 0 Å². The third-order valence-electron chi connectivity index (χ3n) is 5.32. The fraction of sp³-hybridized carbons (Fsp3) is 0.160. The highest BCUT2D eigenvalue weighted by molar-refractivity contribution is 6.09. The fourth-order valence-electron chi connectivity index (χ4n) is 3.80. The van der Waals surface area contributed by atoms with E-state index in [-0.39, 0.29) is 17.7 Å². The molecule has 0 fully saturated rings. The van der Waals surface area contributed by atoms with Gasteiger partial charge in [-0.25, -0.2) is 0 Å². The second kappa shape index (κ2) is 8.90. The Hall–Kier alpha value is -3.94. The van der Waals surface area contributed by atoms with Crippen LogP contribution in [0.4, 0.5) is 24.5 Å². The van der Waals surface area contributed by atoms with Crippen LogP contribution >= 0.6 is 0 Å². The normalized spacial score (nSPS) is 17.0. The lowest BCUT2D eigenvalue weighted by Crippen LogP contribution is -2.33. The molecule has 1 heterocycles. The molecule has 1 aliphatic heterocycles. The Kier molecular flexibility index (Phi) is 6.00. The van der Waals surface area contributed by atoms with Gasteiger partial charge >= 0.3 is 6.36 Å². The number of carbonyl (C=O) groups is 1. The SMILES string of the molecule is C[C@@H](NC1=C[C@@H](c2cccc(N)c2)N(c2ccc(OC(F)(F)F)cc2)C1=O)c1ccccc1. The second-order valence-corrected chi connectivity index (χ2v) is 7.69. The number of rotatable bonds is 6. The molecule has 0 saturated heterocycles. The molecule has 170 valence electrons. The van der Waals surface area contributed by atoms with E-state index in [1.807, 2.05) is 43.3 Å². The summed E-state index contributed by atoms with van der Waals surface area (Å²) in [7, 11) is 0. The number of nitrogens with one attached hydrogen (secondary N) is 1. The number of nitrogens with zero attached hydrogens (tertiary/aromatic N) is 1. The zero-order valence-electron chi connectivity index (χ0n) is 17.7. The number of alkyl halides is 3. The van der Waals surface area contributed by atoms with Crippen molar-refractivity contribution in [2.75, 3.05) is 10.6 Å². The first-order valence-electron chi connectivity index (χ1n) is 10.3. The van der Waals surface area contributed by atoms with E-state index in [0.29, 0.717) is 17.1 Å². The van der Waals surface area contributed by atoms with Crippen LogP contribution in [0.1, 0.15) is 30.1 Å². The van der Waals surface area contributed by atoms with Gasteiger partial charge in [-0.15, -0.1) is 13.2 Å². The molecule has 3 aromatic carbocycles. The lowest BCUT2D eigenvalue weighted by atomic mass is 10.1. The summed E-state index contributed by atoms with van der Waals surface area (Å²) < 4.78 is 41.5. The van der Waals surface area contributed by atoms with Crippen molar-refractivity contribution in [3.63, 3.8) is 0 Å². The Morgan fingerprint density at radius 2 is 1.70 bits per heavy atom. The molecule has 0 radical (unpaired) electrons. The summed E-state index contributed by atoms with van der Waals surface area (Å²) in [5.41, 5.74) is 9.12. The van der Waals surface area contributed by atoms with Gasteiger partial charge < -0.3 is 15.8 Å². The lowest BCUT2D eigenvalue weighted by Gasteiger charge is -2.26. The van der Waals surface area contributed by atoms with Crippen LogP contribution in [0.2, 0.25) is 0 Å². The molecule has 5 nitrogen and oxygen atoms in total. The van der Waals surface area contributed by atoms with E-state index in [1.165, 1.54) is 29.2 Å². The molecule has 0 aliphatic carbocycles. The number of anilines is 2. The van der Waals surface area contributed by atoms with E-state index >= 15 is 0 Å². The van der Waals surface area contributed by atoms with Gasteiger partial charge in [0.1, 0.15) is 5.75 Å². The van der Waals surface area contributed by atoms with Gasteiger partial charge in [-0.1, -0.05) is 42.5 Å². The highest BCUT2D eigenvalue weighted by Gasteiger charge is 2.36. The zero-order chi connectivity index (χ0) is 23.6. The van der Waals surface area contributed by atoms with Crippen molar-refractivity contribution in [2.45, 2.75) is 25.4 Å². The molecule has 3 N–H and O–H groups in total. The second-order valence-electron chi connectivity index (χ2n) is 7.69. The number of nitrogens with two attached hydrogens (primary N) is 1. The molecule has 0 spiro atoms. The summed E-state index contributed by atoms with van der Waals surface area (Å²) in [5.74, 6) is -0.655. The topological polar surface area (TPSA) is 67.6 Å². The molecule has 0 aromatic heterocycles. The molecule has 4 rings (SSSR count). The quantitative estimate of drug-likeness (QED) is 0.485. The van der Waals surface area contributed by atoms with Crippen LogP contribution in [0.3, 0.4) is 0 Å². The van der Waals surface area contributed by atoms with E-state index in [2.05, 4.69) is 10.1 Å². The maximum Gasteiger partial charge on any atom is 0.573 e. The van der Waals surface area contributed by atoms with E-state index < -0.39 is 12.4 Å². The summed E-state index contributed by atoms with van der Waals surface area (Å²) in [4.78, 5) is 14.9. The molecule has 0 saturated carbocycles. The van der Waals surface area contributed by atoms with E-state index in [4.69, 9.17) is 5.73 Å². The Balaban J connectivity index is 1.65. The molecule has 0 unspecified atom stereocenters. The summed E-state index contributed by atoms with van der Waals surface area (Å²) >= 11 is 0. The van der Waals surface area contributed by atoms with Crippen LogP contribution in [0.5, 0.6) is 5.75 Å². The summed E-state index contributed by atoms with van der Waals surface area (Å²) in [6.07, 6.45) is -2.99. The Labute approximate surface area is 189 Å². The molecule has 8 heteroatoms. The van der Waals surface area contributed by atoms with Crippen molar-refractivity contribution in [2.24, 2.45) is 0 Å². The number of ether oxygens (including phenoxy) is 1. The van der Waals surface area contributed by atoms with Crippen molar-refractivity contribution < 1.29 is 22.7 Å². The summed E-state index contributed by atoms with van der Waals surface area (Å²) in [6.45, 7) is 1.95. The highest BCUT2D eigenvalue weighted by atomic mass is 19.4. The molecule has 2 atom stereocenters. The number of amides is 1. The first kappa shape index (κ1) is 22.3. The van der Waals surface area contributed by atoms with Gasteiger partial charge in [0.05, 0.1) is 11.7 Å². The van der Waals surface area contributed by atoms with Crippen molar-refractivity contribution in [1.29, 1.82) is 0 Å². The number of carbonyl (C=O) groups excluding carboxylic acids is 1. The van der Waals surface area contributed by atoms with Crippen molar-refractivity contribution in [1.82, 2.24) is 5.32 Å². The number of halogens is 3. The smallest absolute Gasteiger partial charge is 0.406 e. The van der Waals surface area contributed by atoms with E-state index in [9.17, 15) is 18.0 Å². The molecule has 1 aliphatic rings. The van der Waals surface area contributed by atoms with E-state index in [1.54, 1.807) is 24.3 Å². The van der Waals surface area contributed by atoms with Gasteiger partial charge in [-0.05, 0) is 60.5 Å². The number of hydrogen-bond acceptors (Lipinski definition) is 4. The van der Waals surface area contributed by atoms with Crippen molar-refractivity contribution >= 4 is 17.3 Å². The van der Waals surface area contributed by atoms with Gasteiger partial charge in [0.15, 0.2) is 0 Å². The third kappa shape index (κ3) is 5.11. The van der Waals surface area contributed by atoms with E-state index in [0.717, 1.165) is 11.1 Å². The van der Waals surface area contributed by atoms with Crippen LogP contribution < -0.4 is 20.7 Å². The first-order chi connectivity index (χ1) is 15.7. The third-order valence-corrected chi connectivity index (χ3v) is 5.32. The zero-order valence-corrected chi connectivity index (χ0v) is 17.7. The minimum Gasteiger partial charge on any atom is -0.406 e. The van der Waals surface area contributed by atoms with Crippen LogP contribution in [0.15, 0.2) is 90.6 Å². The van der Waals surface area contributed by atoms with Gasteiger partial charge in [0.25, 0.3) is 5.91 Å². The fourth-order valence-corrected chi connectivity index (χ4v) is 3.80. The van der Waals surface area contributed by atoms with Crippen molar-refractivity contribution in [3.05, 3.63) is 102 Å². The average molecular weight is 453 g/mol. The number of nitrogen functional groups attached to an aromatic ring is 1. The maximum atomic E-state index is 13.4. The Bertz CT molecular complexity index is 1160. The van der Waals surface area contributed by atoms with Crippen LogP contribution in [0.25, 0.3) is 0 Å². The minimum atomic E-state index is -4.79. The molecule has 0 bridgehead atoms. The standard InChI is InChI=1S/C25H22F3N3O2/c1-16(17-6-3-2-4-7-17)30-22-15-23(18-8-5-9-19(29)14-18)31(24(22)32)20-10-12-21(13-11-20)33-25(26,27)28/h2-16,23,30H,29H2,1H3/t16-,23+/m1/s1. The summed E-state index contributed by atoms with van der Waals surface area (Å²) in [5, 5.41) is 3.27. The first-order valence-corrected chi connectivity index (χ1v) is 10.3. The highest BCUT2D eigenvalue weighted by Crippen LogP contribution is 2.37. The maximum absolute atomic E-state index is 13.4. The number of hydrogen-bond donors (Lipinski definition) is 2. The van der Waals surface area contributed by atoms with Crippen LogP contribution in [0, 0.1) is 0 Å². The largest absolute Gasteiger partial charge is 0.573 e. The predicted molar refractivity (Wildman–Crippen MR) is 120 cm³/mol. The lowest BCUT2D eigenvalue weighted by molar-refractivity contribution is -0.274. The minimum absolute atomic E-state index is 0.134.